The number of para-hydroxylation sites is 1. The summed E-state index contributed by atoms with van der Waals surface area (Å²) in [5.41, 5.74) is 4.76. The van der Waals surface area contributed by atoms with Crippen molar-refractivity contribution in [1.29, 1.82) is 0 Å². The number of amides is 3. The first-order valence-electron chi connectivity index (χ1n) is 13.2. The first kappa shape index (κ1) is 24.3. The Labute approximate surface area is 238 Å². The highest BCUT2D eigenvalue weighted by Crippen LogP contribution is 2.70. The Kier molecular flexibility index (Phi) is 5.51. The summed E-state index contributed by atoms with van der Waals surface area (Å²) in [6.45, 7) is 1.39. The van der Waals surface area contributed by atoms with Gasteiger partial charge in [-0.05, 0) is 47.2 Å². The molecule has 2 fully saturated rings. The van der Waals surface area contributed by atoms with Crippen molar-refractivity contribution in [3.8, 4) is 0 Å². The van der Waals surface area contributed by atoms with Crippen LogP contribution in [0.4, 0.5) is 5.69 Å². The van der Waals surface area contributed by atoms with Crippen molar-refractivity contribution in [3.05, 3.63) is 101 Å². The molecule has 2 bridgehead atoms. The monoisotopic (exact) mass is 632 g/mol. The lowest BCUT2D eigenvalue weighted by Gasteiger charge is -2.55. The van der Waals surface area contributed by atoms with Gasteiger partial charge in [0.1, 0.15) is 0 Å². The second kappa shape index (κ2) is 8.62. The van der Waals surface area contributed by atoms with Gasteiger partial charge in [0, 0.05) is 13.1 Å². The van der Waals surface area contributed by atoms with Crippen molar-refractivity contribution in [2.45, 2.75) is 34.3 Å². The average Bonchev–Trinajstić information content (AvgIpc) is 3.09. The molecule has 5 nitrogen and oxygen atoms in total. The minimum Gasteiger partial charge on any atom is -0.339 e. The standard InChI is InChI=1S/C31H26Br2N2O3/c32-30-20-12-4-5-13-21(20)31(33,23-15-7-6-14-22(23)30)26-25(30)28(37)35(29(26)38)24-16-8-3-11-19(24)27(36)34-17-9-1-2-10-18-34/h3-8,11-16,25-26H,1-2,9-10,17-18H2/t25-,26+,30?,31?. The molecule has 192 valence electrons. The number of anilines is 1. The van der Waals surface area contributed by atoms with Crippen LogP contribution in [0.15, 0.2) is 72.8 Å². The van der Waals surface area contributed by atoms with E-state index in [2.05, 4.69) is 31.9 Å². The van der Waals surface area contributed by atoms with E-state index in [1.165, 1.54) is 4.90 Å². The van der Waals surface area contributed by atoms with E-state index in [0.717, 1.165) is 47.9 Å². The number of alkyl halides is 2. The van der Waals surface area contributed by atoms with E-state index in [-0.39, 0.29) is 17.7 Å². The topological polar surface area (TPSA) is 57.7 Å². The molecule has 5 aliphatic rings. The van der Waals surface area contributed by atoms with Crippen molar-refractivity contribution in [2.75, 3.05) is 18.0 Å². The van der Waals surface area contributed by atoms with Crippen molar-refractivity contribution in [3.63, 3.8) is 0 Å². The summed E-state index contributed by atoms with van der Waals surface area (Å²) in [6.07, 6.45) is 4.15. The van der Waals surface area contributed by atoms with Gasteiger partial charge >= 0.3 is 0 Å². The number of hydrogen-bond acceptors (Lipinski definition) is 3. The lowest BCUT2D eigenvalue weighted by Crippen LogP contribution is -2.56. The Balaban J connectivity index is 1.39. The summed E-state index contributed by atoms with van der Waals surface area (Å²) in [5.74, 6) is -2.00. The third kappa shape index (κ3) is 3.00. The van der Waals surface area contributed by atoms with Gasteiger partial charge in [-0.1, -0.05) is 105 Å². The quantitative estimate of drug-likeness (QED) is 0.253. The fraction of sp³-hybridized carbons (Fsp3) is 0.323. The predicted octanol–water partition coefficient (Wildman–Crippen LogP) is 6.11. The third-order valence-corrected chi connectivity index (χ3v) is 11.5. The molecule has 2 saturated heterocycles. The summed E-state index contributed by atoms with van der Waals surface area (Å²) >= 11 is 8.10. The minimum absolute atomic E-state index is 0.116. The number of carbonyl (C=O) groups is 3. The summed E-state index contributed by atoms with van der Waals surface area (Å²) in [4.78, 5) is 45.8. The maximum Gasteiger partial charge on any atom is 0.255 e. The molecule has 0 radical (unpaired) electrons. The average molecular weight is 634 g/mol. The van der Waals surface area contributed by atoms with Crippen molar-refractivity contribution in [2.24, 2.45) is 11.8 Å². The summed E-state index contributed by atoms with van der Waals surface area (Å²) in [6, 6.07) is 23.2. The van der Waals surface area contributed by atoms with E-state index in [1.54, 1.807) is 24.3 Å². The molecule has 0 N–H and O–H groups in total. The Morgan fingerprint density at radius 3 is 1.55 bits per heavy atom. The van der Waals surface area contributed by atoms with Crippen LogP contribution >= 0.6 is 31.9 Å². The second-order valence-corrected chi connectivity index (χ2v) is 13.2. The smallest absolute Gasteiger partial charge is 0.255 e. The van der Waals surface area contributed by atoms with E-state index in [4.69, 9.17) is 0 Å². The fourth-order valence-corrected chi connectivity index (χ4v) is 9.50. The molecule has 0 aromatic heterocycles. The molecule has 0 saturated carbocycles. The number of hydrogen-bond donors (Lipinski definition) is 0. The van der Waals surface area contributed by atoms with Crippen LogP contribution in [0.1, 0.15) is 58.3 Å². The second-order valence-electron chi connectivity index (χ2n) is 10.7. The molecule has 0 spiro atoms. The maximum absolute atomic E-state index is 14.4. The van der Waals surface area contributed by atoms with Crippen LogP contribution in [-0.2, 0) is 18.2 Å². The largest absolute Gasteiger partial charge is 0.339 e. The molecule has 0 unspecified atom stereocenters. The van der Waals surface area contributed by atoms with Gasteiger partial charge in [0.05, 0.1) is 31.7 Å². The van der Waals surface area contributed by atoms with Crippen LogP contribution in [-0.4, -0.2) is 35.7 Å². The van der Waals surface area contributed by atoms with Gasteiger partial charge in [0.25, 0.3) is 5.91 Å². The highest BCUT2D eigenvalue weighted by molar-refractivity contribution is 9.10. The molecule has 3 aromatic rings. The van der Waals surface area contributed by atoms with Gasteiger partial charge in [-0.25, -0.2) is 4.90 Å². The number of imide groups is 1. The van der Waals surface area contributed by atoms with E-state index in [0.29, 0.717) is 24.3 Å². The number of carbonyl (C=O) groups excluding carboxylic acids is 3. The molecule has 2 aliphatic heterocycles. The molecular weight excluding hydrogens is 608 g/mol. The van der Waals surface area contributed by atoms with Gasteiger partial charge < -0.3 is 4.90 Å². The van der Waals surface area contributed by atoms with Gasteiger partial charge in [-0.15, -0.1) is 0 Å². The highest BCUT2D eigenvalue weighted by Gasteiger charge is 2.72. The van der Waals surface area contributed by atoms with Crippen LogP contribution < -0.4 is 4.90 Å². The van der Waals surface area contributed by atoms with Gasteiger partial charge in [-0.2, -0.15) is 0 Å². The van der Waals surface area contributed by atoms with Crippen molar-refractivity contribution < 1.29 is 14.4 Å². The molecule has 2 heterocycles. The number of halogens is 2. The summed E-state index contributed by atoms with van der Waals surface area (Å²) < 4.78 is -1.71. The van der Waals surface area contributed by atoms with Crippen LogP contribution in [0.5, 0.6) is 0 Å². The van der Waals surface area contributed by atoms with Gasteiger partial charge in [-0.3, -0.25) is 14.4 Å². The van der Waals surface area contributed by atoms with E-state index < -0.39 is 20.5 Å². The molecule has 3 amide bonds. The van der Waals surface area contributed by atoms with Gasteiger partial charge in [0.2, 0.25) is 11.8 Å². The molecule has 2 atom stereocenters. The number of likely N-dealkylation sites (tertiary alicyclic amines) is 1. The molecule has 3 aromatic carbocycles. The Bertz CT molecular complexity index is 1390. The zero-order valence-corrected chi connectivity index (χ0v) is 23.9. The van der Waals surface area contributed by atoms with E-state index in [9.17, 15) is 14.4 Å². The summed E-state index contributed by atoms with van der Waals surface area (Å²) in [5, 5.41) is 0. The maximum atomic E-state index is 14.4. The van der Waals surface area contributed by atoms with Gasteiger partial charge in [0.15, 0.2) is 0 Å². The van der Waals surface area contributed by atoms with Crippen molar-refractivity contribution in [1.82, 2.24) is 4.90 Å². The molecule has 7 heteroatoms. The van der Waals surface area contributed by atoms with E-state index >= 15 is 0 Å². The zero-order valence-electron chi connectivity index (χ0n) is 20.7. The number of nitrogens with zero attached hydrogens (tertiary/aromatic N) is 2. The van der Waals surface area contributed by atoms with E-state index in [1.807, 2.05) is 53.4 Å². The normalized spacial score (nSPS) is 29.5. The predicted molar refractivity (Wildman–Crippen MR) is 153 cm³/mol. The Morgan fingerprint density at radius 1 is 0.658 bits per heavy atom. The zero-order chi connectivity index (χ0) is 26.2. The SMILES string of the molecule is O=C(c1ccccc1N1C(=O)[C@@H]2[C@H](C1=O)C1(Br)c3ccccc3C2(Br)c2ccccc21)N1CCCCCC1. The Morgan fingerprint density at radius 2 is 1.08 bits per heavy atom. The molecular formula is C31H26Br2N2O3. The lowest BCUT2D eigenvalue weighted by atomic mass is 9.54. The molecule has 38 heavy (non-hydrogen) atoms. The van der Waals surface area contributed by atoms with Crippen molar-refractivity contribution >= 4 is 55.3 Å². The lowest BCUT2D eigenvalue weighted by molar-refractivity contribution is -0.122. The third-order valence-electron chi connectivity index (χ3n) is 8.85. The molecule has 8 rings (SSSR count). The first-order chi connectivity index (χ1) is 18.4. The molecule has 3 aliphatic carbocycles. The highest BCUT2D eigenvalue weighted by atomic mass is 79.9. The number of rotatable bonds is 2. The minimum atomic E-state index is -0.856. The van der Waals surface area contributed by atoms with Crippen LogP contribution in [0.2, 0.25) is 0 Å². The first-order valence-corrected chi connectivity index (χ1v) is 14.8. The fourth-order valence-electron chi connectivity index (χ4n) is 7.20. The van der Waals surface area contributed by atoms with Crippen LogP contribution in [0.25, 0.3) is 0 Å². The Hall–Kier alpha value is -2.77. The number of benzene rings is 3. The summed E-state index contributed by atoms with van der Waals surface area (Å²) in [7, 11) is 0. The van der Waals surface area contributed by atoms with Crippen LogP contribution in [0, 0.1) is 11.8 Å². The van der Waals surface area contributed by atoms with Crippen LogP contribution in [0.3, 0.4) is 0 Å².